The van der Waals surface area contributed by atoms with E-state index in [4.69, 9.17) is 5.11 Å². The molecular formula is C11H15O. The van der Waals surface area contributed by atoms with Crippen LogP contribution in [0.4, 0.5) is 0 Å². The summed E-state index contributed by atoms with van der Waals surface area (Å²) in [5.74, 6) is 0. The van der Waals surface area contributed by atoms with Crippen LogP contribution in [0.1, 0.15) is 30.9 Å². The van der Waals surface area contributed by atoms with Crippen molar-refractivity contribution in [3.05, 3.63) is 42.0 Å². The summed E-state index contributed by atoms with van der Waals surface area (Å²) in [6.07, 6.45) is 3.54. The van der Waals surface area contributed by atoms with Crippen molar-refractivity contribution < 1.29 is 5.11 Å². The quantitative estimate of drug-likeness (QED) is 0.723. The SMILES string of the molecule is CCCCc1cccc([CH]O)c1. The van der Waals surface area contributed by atoms with Crippen LogP contribution in [0.2, 0.25) is 0 Å². The minimum atomic E-state index is 0.892. The van der Waals surface area contributed by atoms with Gasteiger partial charge in [0.25, 0.3) is 0 Å². The molecule has 0 aliphatic rings. The first-order valence-corrected chi connectivity index (χ1v) is 4.43. The average Bonchev–Trinajstić information content (AvgIpc) is 2.15. The van der Waals surface area contributed by atoms with Gasteiger partial charge in [0.15, 0.2) is 0 Å². The Bertz CT molecular complexity index is 230. The van der Waals surface area contributed by atoms with Gasteiger partial charge in [-0.1, -0.05) is 37.6 Å². The van der Waals surface area contributed by atoms with Crippen molar-refractivity contribution in [1.29, 1.82) is 0 Å². The smallest absolute Gasteiger partial charge is 0.109 e. The number of rotatable bonds is 4. The fraction of sp³-hybridized carbons (Fsp3) is 0.364. The second-order valence-corrected chi connectivity index (χ2v) is 2.98. The molecule has 1 aromatic rings. The molecule has 12 heavy (non-hydrogen) atoms. The Hall–Kier alpha value is -0.820. The summed E-state index contributed by atoms with van der Waals surface area (Å²) in [4.78, 5) is 0. The van der Waals surface area contributed by atoms with Gasteiger partial charge in [0.1, 0.15) is 6.61 Å². The molecule has 0 amide bonds. The Kier molecular flexibility index (Phi) is 3.81. The Balaban J connectivity index is 2.60. The lowest BCUT2D eigenvalue weighted by Gasteiger charge is -2.01. The standard InChI is InChI=1S/C11H15O/c1-2-3-5-10-6-4-7-11(8-10)9-12/h4,6-9,12H,2-3,5H2,1H3. The van der Waals surface area contributed by atoms with Gasteiger partial charge in [0, 0.05) is 0 Å². The van der Waals surface area contributed by atoms with Gasteiger partial charge in [-0.2, -0.15) is 0 Å². The molecule has 0 aliphatic carbocycles. The Morgan fingerprint density at radius 2 is 2.25 bits per heavy atom. The molecular weight excluding hydrogens is 148 g/mol. The maximum atomic E-state index is 8.76. The topological polar surface area (TPSA) is 20.2 Å². The van der Waals surface area contributed by atoms with Crippen molar-refractivity contribution in [2.75, 3.05) is 0 Å². The fourth-order valence-electron chi connectivity index (χ4n) is 1.21. The van der Waals surface area contributed by atoms with Crippen LogP contribution in [-0.2, 0) is 6.42 Å². The van der Waals surface area contributed by atoms with Crippen molar-refractivity contribution >= 4 is 0 Å². The number of aliphatic hydroxyl groups is 1. The molecule has 65 valence electrons. The van der Waals surface area contributed by atoms with E-state index in [1.807, 2.05) is 18.2 Å². The first-order chi connectivity index (χ1) is 5.86. The molecule has 0 saturated carbocycles. The van der Waals surface area contributed by atoms with Crippen molar-refractivity contribution in [2.45, 2.75) is 26.2 Å². The van der Waals surface area contributed by atoms with Crippen LogP contribution in [0.25, 0.3) is 0 Å². The van der Waals surface area contributed by atoms with Crippen LogP contribution in [0.15, 0.2) is 24.3 Å². The molecule has 0 bridgehead atoms. The zero-order valence-corrected chi connectivity index (χ0v) is 7.46. The van der Waals surface area contributed by atoms with Gasteiger partial charge in [-0.15, -0.1) is 0 Å². The zero-order valence-electron chi connectivity index (χ0n) is 7.46. The molecule has 1 N–H and O–H groups in total. The highest BCUT2D eigenvalue weighted by molar-refractivity contribution is 5.26. The molecule has 1 radical (unpaired) electrons. The average molecular weight is 163 g/mol. The molecule has 0 saturated heterocycles. The molecule has 0 spiro atoms. The van der Waals surface area contributed by atoms with Crippen LogP contribution in [-0.4, -0.2) is 5.11 Å². The van der Waals surface area contributed by atoms with Gasteiger partial charge in [-0.3, -0.25) is 0 Å². The highest BCUT2D eigenvalue weighted by Gasteiger charge is 1.94. The van der Waals surface area contributed by atoms with E-state index in [0.717, 1.165) is 18.6 Å². The molecule has 0 aliphatic heterocycles. The van der Waals surface area contributed by atoms with E-state index in [2.05, 4.69) is 13.0 Å². The zero-order chi connectivity index (χ0) is 8.81. The molecule has 0 aromatic heterocycles. The lowest BCUT2D eigenvalue weighted by atomic mass is 10.1. The highest BCUT2D eigenvalue weighted by Crippen LogP contribution is 2.08. The van der Waals surface area contributed by atoms with Crippen LogP contribution in [0.5, 0.6) is 0 Å². The van der Waals surface area contributed by atoms with Crippen molar-refractivity contribution in [3.63, 3.8) is 0 Å². The first-order valence-electron chi connectivity index (χ1n) is 4.43. The summed E-state index contributed by atoms with van der Waals surface area (Å²) in [6, 6.07) is 8.00. The summed E-state index contributed by atoms with van der Waals surface area (Å²) >= 11 is 0. The Morgan fingerprint density at radius 3 is 2.92 bits per heavy atom. The van der Waals surface area contributed by atoms with Gasteiger partial charge in [0.05, 0.1) is 0 Å². The first kappa shape index (κ1) is 9.27. The Labute approximate surface area is 74.1 Å². The van der Waals surface area contributed by atoms with E-state index in [9.17, 15) is 0 Å². The molecule has 0 atom stereocenters. The van der Waals surface area contributed by atoms with Gasteiger partial charge < -0.3 is 5.11 Å². The number of aliphatic hydroxyl groups excluding tert-OH is 1. The predicted molar refractivity (Wildman–Crippen MR) is 50.4 cm³/mol. The largest absolute Gasteiger partial charge is 0.385 e. The van der Waals surface area contributed by atoms with E-state index >= 15 is 0 Å². The molecule has 1 aromatic carbocycles. The summed E-state index contributed by atoms with van der Waals surface area (Å²) < 4.78 is 0. The lowest BCUT2D eigenvalue weighted by Crippen LogP contribution is -1.86. The molecule has 1 nitrogen and oxygen atoms in total. The highest BCUT2D eigenvalue weighted by atomic mass is 16.3. The summed E-state index contributed by atoms with van der Waals surface area (Å²) in [5.41, 5.74) is 2.20. The normalized spacial score (nSPS) is 10.2. The minimum absolute atomic E-state index is 0.892. The van der Waals surface area contributed by atoms with E-state index in [-0.39, 0.29) is 0 Å². The molecule has 1 rings (SSSR count). The lowest BCUT2D eigenvalue weighted by molar-refractivity contribution is 0.415. The second-order valence-electron chi connectivity index (χ2n) is 2.98. The number of unbranched alkanes of at least 4 members (excludes halogenated alkanes) is 1. The van der Waals surface area contributed by atoms with Crippen molar-refractivity contribution in [1.82, 2.24) is 0 Å². The van der Waals surface area contributed by atoms with Crippen LogP contribution in [0, 0.1) is 6.61 Å². The number of hydrogen-bond acceptors (Lipinski definition) is 1. The third-order valence-electron chi connectivity index (χ3n) is 1.92. The maximum Gasteiger partial charge on any atom is 0.109 e. The Morgan fingerprint density at radius 1 is 1.42 bits per heavy atom. The number of hydrogen-bond donors (Lipinski definition) is 1. The van der Waals surface area contributed by atoms with E-state index < -0.39 is 0 Å². The molecule has 0 unspecified atom stereocenters. The third-order valence-corrected chi connectivity index (χ3v) is 1.92. The van der Waals surface area contributed by atoms with Gasteiger partial charge in [-0.05, 0) is 24.0 Å². The third kappa shape index (κ3) is 2.67. The van der Waals surface area contributed by atoms with Crippen molar-refractivity contribution in [2.24, 2.45) is 0 Å². The van der Waals surface area contributed by atoms with E-state index in [1.54, 1.807) is 0 Å². The summed E-state index contributed by atoms with van der Waals surface area (Å²) in [6.45, 7) is 3.33. The van der Waals surface area contributed by atoms with Crippen LogP contribution in [0.3, 0.4) is 0 Å². The minimum Gasteiger partial charge on any atom is -0.385 e. The van der Waals surface area contributed by atoms with Gasteiger partial charge in [0.2, 0.25) is 0 Å². The van der Waals surface area contributed by atoms with Crippen molar-refractivity contribution in [3.8, 4) is 0 Å². The molecule has 0 heterocycles. The van der Waals surface area contributed by atoms with Gasteiger partial charge >= 0.3 is 0 Å². The number of aryl methyl sites for hydroxylation is 1. The summed E-state index contributed by atoms with van der Waals surface area (Å²) in [7, 11) is 0. The molecule has 0 fully saturated rings. The monoisotopic (exact) mass is 163 g/mol. The summed E-state index contributed by atoms with van der Waals surface area (Å²) in [5, 5.41) is 8.76. The second kappa shape index (κ2) is 4.94. The maximum absolute atomic E-state index is 8.76. The van der Waals surface area contributed by atoms with Crippen LogP contribution < -0.4 is 0 Å². The fourth-order valence-corrected chi connectivity index (χ4v) is 1.21. The number of benzene rings is 1. The van der Waals surface area contributed by atoms with Gasteiger partial charge in [-0.25, -0.2) is 0 Å². The van der Waals surface area contributed by atoms with E-state index in [0.29, 0.717) is 0 Å². The van der Waals surface area contributed by atoms with Crippen LogP contribution >= 0.6 is 0 Å². The predicted octanol–water partition coefficient (Wildman–Crippen LogP) is 2.91. The molecule has 1 heteroatoms. The van der Waals surface area contributed by atoms with E-state index in [1.165, 1.54) is 18.4 Å².